The first-order chi connectivity index (χ1) is 12.9. The van der Waals surface area contributed by atoms with Crippen molar-refractivity contribution >= 4 is 16.8 Å². The second kappa shape index (κ2) is 7.57. The highest BCUT2D eigenvalue weighted by atomic mass is 19.1. The minimum Gasteiger partial charge on any atom is -0.354 e. The topological polar surface area (TPSA) is 73.1 Å². The van der Waals surface area contributed by atoms with Crippen LogP contribution in [0, 0.1) is 11.7 Å². The van der Waals surface area contributed by atoms with Crippen LogP contribution in [-0.4, -0.2) is 21.6 Å². The van der Waals surface area contributed by atoms with Gasteiger partial charge in [-0.05, 0) is 36.2 Å². The number of para-hydroxylation sites is 1. The maximum atomic E-state index is 13.6. The first-order valence-electron chi connectivity index (χ1n) is 8.65. The summed E-state index contributed by atoms with van der Waals surface area (Å²) in [6, 6.07) is 11.8. The van der Waals surface area contributed by atoms with Crippen molar-refractivity contribution in [1.82, 2.24) is 14.5 Å². The van der Waals surface area contributed by atoms with Gasteiger partial charge < -0.3 is 5.32 Å². The Morgan fingerprint density at radius 1 is 1.11 bits per heavy atom. The van der Waals surface area contributed by atoms with Gasteiger partial charge >= 0.3 is 5.69 Å². The number of aromatic nitrogens is 2. The molecule has 6 nitrogen and oxygen atoms in total. The first-order valence-corrected chi connectivity index (χ1v) is 8.65. The van der Waals surface area contributed by atoms with E-state index in [0.29, 0.717) is 12.1 Å². The Bertz CT molecular complexity index is 1120. The summed E-state index contributed by atoms with van der Waals surface area (Å²) in [6.45, 7) is 4.18. The van der Waals surface area contributed by atoms with Crippen molar-refractivity contribution in [2.24, 2.45) is 5.92 Å². The van der Waals surface area contributed by atoms with E-state index in [2.05, 4.69) is 5.32 Å². The van der Waals surface area contributed by atoms with Gasteiger partial charge in [-0.15, -0.1) is 0 Å². The minimum atomic E-state index is -0.691. The fraction of sp³-hybridized carbons (Fsp3) is 0.250. The van der Waals surface area contributed by atoms with Crippen LogP contribution >= 0.6 is 0 Å². The molecule has 0 radical (unpaired) electrons. The highest BCUT2D eigenvalue weighted by Crippen LogP contribution is 2.11. The largest absolute Gasteiger partial charge is 0.354 e. The lowest BCUT2D eigenvalue weighted by molar-refractivity contribution is -0.121. The number of halogens is 1. The molecule has 2 aromatic carbocycles. The highest BCUT2D eigenvalue weighted by molar-refractivity contribution is 5.81. The van der Waals surface area contributed by atoms with E-state index in [1.807, 2.05) is 13.8 Å². The molecule has 0 unspecified atom stereocenters. The normalized spacial score (nSPS) is 11.1. The first kappa shape index (κ1) is 18.6. The summed E-state index contributed by atoms with van der Waals surface area (Å²) < 4.78 is 15.8. The smallest absolute Gasteiger partial charge is 0.336 e. The Hall–Kier alpha value is -3.22. The van der Waals surface area contributed by atoms with Crippen molar-refractivity contribution < 1.29 is 9.18 Å². The molecule has 1 amide bonds. The molecular formula is C20H20FN3O3. The lowest BCUT2D eigenvalue weighted by atomic mass is 10.2. The van der Waals surface area contributed by atoms with Crippen molar-refractivity contribution in [3.63, 3.8) is 0 Å². The monoisotopic (exact) mass is 369 g/mol. The number of carbonyl (C=O) groups is 1. The van der Waals surface area contributed by atoms with Crippen LogP contribution in [0.2, 0.25) is 0 Å². The highest BCUT2D eigenvalue weighted by Gasteiger charge is 2.16. The van der Waals surface area contributed by atoms with E-state index in [1.54, 1.807) is 24.3 Å². The zero-order chi connectivity index (χ0) is 19.6. The molecule has 0 aliphatic rings. The molecule has 0 saturated carbocycles. The van der Waals surface area contributed by atoms with Gasteiger partial charge in [-0.1, -0.05) is 32.0 Å². The Morgan fingerprint density at radius 2 is 1.85 bits per heavy atom. The van der Waals surface area contributed by atoms with Gasteiger partial charge in [0, 0.05) is 6.54 Å². The van der Waals surface area contributed by atoms with Gasteiger partial charge in [0.2, 0.25) is 5.91 Å². The van der Waals surface area contributed by atoms with Gasteiger partial charge in [-0.3, -0.25) is 14.2 Å². The van der Waals surface area contributed by atoms with E-state index in [4.69, 9.17) is 0 Å². The molecule has 0 aliphatic heterocycles. The molecule has 0 atom stereocenters. The number of nitrogens with zero attached hydrogens (tertiary/aromatic N) is 2. The number of nitrogens with one attached hydrogen (secondary N) is 1. The number of hydrogen-bond acceptors (Lipinski definition) is 3. The van der Waals surface area contributed by atoms with Crippen molar-refractivity contribution in [2.75, 3.05) is 6.54 Å². The van der Waals surface area contributed by atoms with Crippen molar-refractivity contribution in [1.29, 1.82) is 0 Å². The fourth-order valence-electron chi connectivity index (χ4n) is 2.83. The maximum Gasteiger partial charge on any atom is 0.336 e. The van der Waals surface area contributed by atoms with Gasteiger partial charge in [0.25, 0.3) is 5.56 Å². The van der Waals surface area contributed by atoms with E-state index < -0.39 is 17.1 Å². The number of benzene rings is 2. The third-order valence-electron chi connectivity index (χ3n) is 4.13. The Labute approximate surface area is 154 Å². The lowest BCUT2D eigenvalue weighted by Crippen LogP contribution is -2.42. The standard InChI is InChI=1S/C20H20FN3O3/c1-13(2)11-22-18(25)12-23-17-9-4-3-8-16(17)19(26)24(20(23)27)15-7-5-6-14(21)10-15/h3-10,13H,11-12H2,1-2H3,(H,22,25). The van der Waals surface area contributed by atoms with Crippen molar-refractivity contribution in [3.05, 3.63) is 75.2 Å². The maximum absolute atomic E-state index is 13.6. The Kier molecular flexibility index (Phi) is 5.21. The molecule has 0 aliphatic carbocycles. The molecule has 1 aromatic heterocycles. The molecule has 0 fully saturated rings. The fourth-order valence-corrected chi connectivity index (χ4v) is 2.83. The molecule has 0 saturated heterocycles. The van der Waals surface area contributed by atoms with Crippen LogP contribution in [0.3, 0.4) is 0 Å². The third-order valence-corrected chi connectivity index (χ3v) is 4.13. The summed E-state index contributed by atoms with van der Waals surface area (Å²) in [5.41, 5.74) is -0.768. The molecule has 7 heteroatoms. The van der Waals surface area contributed by atoms with Gasteiger partial charge in [0.1, 0.15) is 12.4 Å². The van der Waals surface area contributed by atoms with E-state index in [0.717, 1.165) is 10.6 Å². The molecular weight excluding hydrogens is 349 g/mol. The molecule has 0 bridgehead atoms. The van der Waals surface area contributed by atoms with Crippen LogP contribution in [-0.2, 0) is 11.3 Å². The quantitative estimate of drug-likeness (QED) is 0.748. The zero-order valence-corrected chi connectivity index (χ0v) is 15.1. The lowest BCUT2D eigenvalue weighted by Gasteiger charge is -2.14. The third kappa shape index (κ3) is 3.81. The number of amides is 1. The van der Waals surface area contributed by atoms with Crippen LogP contribution in [0.4, 0.5) is 4.39 Å². The SMILES string of the molecule is CC(C)CNC(=O)Cn1c(=O)n(-c2cccc(F)c2)c(=O)c2ccccc21. The molecule has 0 spiro atoms. The van der Waals surface area contributed by atoms with Crippen LogP contribution < -0.4 is 16.6 Å². The summed E-state index contributed by atoms with van der Waals surface area (Å²) in [5.74, 6) is -0.628. The van der Waals surface area contributed by atoms with Crippen molar-refractivity contribution in [2.45, 2.75) is 20.4 Å². The van der Waals surface area contributed by atoms with Crippen molar-refractivity contribution in [3.8, 4) is 5.69 Å². The van der Waals surface area contributed by atoms with E-state index >= 15 is 0 Å². The van der Waals surface area contributed by atoms with E-state index in [1.165, 1.54) is 22.8 Å². The molecule has 1 N–H and O–H groups in total. The summed E-state index contributed by atoms with van der Waals surface area (Å²) in [4.78, 5) is 38.1. The predicted molar refractivity (Wildman–Crippen MR) is 102 cm³/mol. The number of fused-ring (bicyclic) bond motifs is 1. The number of hydrogen-bond donors (Lipinski definition) is 1. The number of carbonyl (C=O) groups excluding carboxylic acids is 1. The Morgan fingerprint density at radius 3 is 2.56 bits per heavy atom. The second-order valence-corrected chi connectivity index (χ2v) is 6.70. The number of rotatable bonds is 5. The molecule has 140 valence electrons. The Balaban J connectivity index is 2.19. The van der Waals surface area contributed by atoms with Gasteiger partial charge in [-0.25, -0.2) is 13.8 Å². The zero-order valence-electron chi connectivity index (χ0n) is 15.1. The molecule has 3 rings (SSSR count). The van der Waals surface area contributed by atoms with Crippen LogP contribution in [0.1, 0.15) is 13.8 Å². The van der Waals surface area contributed by atoms with Gasteiger partial charge in [0.15, 0.2) is 0 Å². The molecule has 1 heterocycles. The van der Waals surface area contributed by atoms with E-state index in [9.17, 15) is 18.8 Å². The van der Waals surface area contributed by atoms with Crippen LogP contribution in [0.25, 0.3) is 16.6 Å². The summed E-state index contributed by atoms with van der Waals surface area (Å²) in [6.07, 6.45) is 0. The second-order valence-electron chi connectivity index (χ2n) is 6.70. The van der Waals surface area contributed by atoms with Gasteiger partial charge in [0.05, 0.1) is 16.6 Å². The summed E-state index contributed by atoms with van der Waals surface area (Å²) >= 11 is 0. The summed E-state index contributed by atoms with van der Waals surface area (Å²) in [5, 5.41) is 3.04. The van der Waals surface area contributed by atoms with E-state index in [-0.39, 0.29) is 29.4 Å². The van der Waals surface area contributed by atoms with Crippen LogP contribution in [0.5, 0.6) is 0 Å². The van der Waals surface area contributed by atoms with Gasteiger partial charge in [-0.2, -0.15) is 0 Å². The van der Waals surface area contributed by atoms with Crippen LogP contribution in [0.15, 0.2) is 58.1 Å². The average Bonchev–Trinajstić information content (AvgIpc) is 2.64. The average molecular weight is 369 g/mol. The minimum absolute atomic E-state index is 0.118. The molecule has 3 aromatic rings. The molecule has 27 heavy (non-hydrogen) atoms. The summed E-state index contributed by atoms with van der Waals surface area (Å²) in [7, 11) is 0. The predicted octanol–water partition coefficient (Wildman–Crippen LogP) is 2.06.